The summed E-state index contributed by atoms with van der Waals surface area (Å²) in [5, 5.41) is 13.6. The molecule has 0 unspecified atom stereocenters. The highest BCUT2D eigenvalue weighted by atomic mass is 16.6. The first-order valence-corrected chi connectivity index (χ1v) is 8.23. The summed E-state index contributed by atoms with van der Waals surface area (Å²) in [5.74, 6) is -0.728. The molecule has 11 heteroatoms. The topological polar surface area (TPSA) is 156 Å². The second kappa shape index (κ2) is 7.78. The third kappa shape index (κ3) is 4.09. The Hall–Kier alpha value is -3.89. The van der Waals surface area contributed by atoms with Gasteiger partial charge in [-0.15, -0.1) is 0 Å². The normalized spacial score (nSPS) is 12.7. The molecule has 2 amide bonds. The van der Waals surface area contributed by atoms with Gasteiger partial charge in [0.1, 0.15) is 12.1 Å². The second-order valence-electron chi connectivity index (χ2n) is 5.93. The molecule has 0 bridgehead atoms. The van der Waals surface area contributed by atoms with Crippen LogP contribution in [0.4, 0.5) is 11.4 Å². The van der Waals surface area contributed by atoms with E-state index in [4.69, 9.17) is 15.2 Å². The largest absolute Gasteiger partial charge is 0.490 e. The summed E-state index contributed by atoms with van der Waals surface area (Å²) in [4.78, 5) is 46.1. The van der Waals surface area contributed by atoms with E-state index in [0.717, 1.165) is 23.3 Å². The molecule has 0 spiro atoms. The molecule has 3 N–H and O–H groups in total. The summed E-state index contributed by atoms with van der Waals surface area (Å²) >= 11 is 0. The predicted octanol–water partition coefficient (Wildman–Crippen LogP) is 0.655. The number of anilines is 1. The number of ether oxygens (including phenoxy) is 2. The number of nitrogens with one attached hydrogen (secondary N) is 1. The Morgan fingerprint density at radius 1 is 1.21 bits per heavy atom. The van der Waals surface area contributed by atoms with E-state index in [9.17, 15) is 24.5 Å². The van der Waals surface area contributed by atoms with Crippen molar-refractivity contribution in [1.29, 1.82) is 0 Å². The fourth-order valence-electron chi connectivity index (χ4n) is 2.61. The predicted molar refractivity (Wildman–Crippen MR) is 96.6 cm³/mol. The quantitative estimate of drug-likeness (QED) is 0.563. The van der Waals surface area contributed by atoms with Gasteiger partial charge in [-0.3, -0.25) is 29.1 Å². The fraction of sp³-hybridized carbons (Fsp3) is 0.235. The summed E-state index contributed by atoms with van der Waals surface area (Å²) in [5.41, 5.74) is 3.48. The van der Waals surface area contributed by atoms with Gasteiger partial charge >= 0.3 is 0 Å². The van der Waals surface area contributed by atoms with Crippen LogP contribution in [0.3, 0.4) is 0 Å². The monoisotopic (exact) mass is 388 g/mol. The molecule has 3 rings (SSSR count). The van der Waals surface area contributed by atoms with Crippen LogP contribution < -0.4 is 26.1 Å². The van der Waals surface area contributed by atoms with Gasteiger partial charge in [-0.1, -0.05) is 0 Å². The molecule has 0 fully saturated rings. The van der Waals surface area contributed by atoms with Gasteiger partial charge < -0.3 is 20.5 Å². The maximum atomic E-state index is 12.3. The fourth-order valence-corrected chi connectivity index (χ4v) is 2.61. The van der Waals surface area contributed by atoms with E-state index in [0.29, 0.717) is 30.4 Å². The average Bonchev–Trinajstić information content (AvgIpc) is 2.87. The standard InChI is InChI=1S/C17H16N4O7/c18-16(23)12-7-11(21(25)26)8-20(17(12)24)9-15(22)19-10-2-3-13-14(6-10)28-5-1-4-27-13/h2-3,6-8H,1,4-5,9H2,(H2,18,23)(H,19,22). The smallest absolute Gasteiger partial charge is 0.286 e. The first-order valence-electron chi connectivity index (χ1n) is 8.23. The van der Waals surface area contributed by atoms with Gasteiger partial charge in [0.2, 0.25) is 5.91 Å². The van der Waals surface area contributed by atoms with Crippen molar-refractivity contribution in [2.75, 3.05) is 18.5 Å². The molecule has 0 atom stereocenters. The van der Waals surface area contributed by atoms with E-state index >= 15 is 0 Å². The van der Waals surface area contributed by atoms with Gasteiger partial charge in [-0.05, 0) is 12.1 Å². The first kappa shape index (κ1) is 18.9. The van der Waals surface area contributed by atoms with Crippen LogP contribution in [0.15, 0.2) is 35.3 Å². The lowest BCUT2D eigenvalue weighted by molar-refractivity contribution is -0.385. The number of amides is 2. The highest BCUT2D eigenvalue weighted by Crippen LogP contribution is 2.32. The molecule has 0 saturated heterocycles. The Morgan fingerprint density at radius 2 is 1.93 bits per heavy atom. The van der Waals surface area contributed by atoms with E-state index in [1.807, 2.05) is 0 Å². The van der Waals surface area contributed by atoms with Crippen LogP contribution in [0, 0.1) is 10.1 Å². The Bertz CT molecular complexity index is 1020. The molecule has 146 valence electrons. The molecule has 0 aliphatic carbocycles. The second-order valence-corrected chi connectivity index (χ2v) is 5.93. The van der Waals surface area contributed by atoms with Gasteiger partial charge in [0, 0.05) is 24.2 Å². The highest BCUT2D eigenvalue weighted by molar-refractivity contribution is 5.93. The van der Waals surface area contributed by atoms with E-state index in [1.165, 1.54) is 0 Å². The summed E-state index contributed by atoms with van der Waals surface area (Å²) in [7, 11) is 0. The summed E-state index contributed by atoms with van der Waals surface area (Å²) in [6.45, 7) is 0.454. The molecule has 1 aromatic carbocycles. The lowest BCUT2D eigenvalue weighted by atomic mass is 10.2. The number of nitrogens with two attached hydrogens (primary N) is 1. The highest BCUT2D eigenvalue weighted by Gasteiger charge is 2.19. The average molecular weight is 388 g/mol. The van der Waals surface area contributed by atoms with Crippen LogP contribution in [0.2, 0.25) is 0 Å². The SMILES string of the molecule is NC(=O)c1cc([N+](=O)[O-])cn(CC(=O)Nc2ccc3c(c2)OCCCO3)c1=O. The van der Waals surface area contributed by atoms with Gasteiger partial charge in [0.25, 0.3) is 17.2 Å². The third-order valence-corrected chi connectivity index (χ3v) is 3.89. The minimum atomic E-state index is -1.12. The molecule has 11 nitrogen and oxygen atoms in total. The van der Waals surface area contributed by atoms with E-state index in [-0.39, 0.29) is 0 Å². The van der Waals surface area contributed by atoms with Crippen molar-refractivity contribution < 1.29 is 24.0 Å². The number of nitro groups is 1. The Balaban J connectivity index is 1.82. The molecular weight excluding hydrogens is 372 g/mol. The van der Waals surface area contributed by atoms with E-state index in [1.54, 1.807) is 18.2 Å². The van der Waals surface area contributed by atoms with E-state index in [2.05, 4.69) is 5.32 Å². The number of rotatable bonds is 5. The van der Waals surface area contributed by atoms with Crippen molar-refractivity contribution in [2.24, 2.45) is 5.73 Å². The zero-order valence-electron chi connectivity index (χ0n) is 14.5. The molecule has 0 saturated carbocycles. The number of nitrogens with zero attached hydrogens (tertiary/aromatic N) is 2. The van der Waals surface area contributed by atoms with Crippen LogP contribution >= 0.6 is 0 Å². The minimum absolute atomic E-state index is 0.392. The summed E-state index contributed by atoms with van der Waals surface area (Å²) in [6.07, 6.45) is 1.61. The third-order valence-electron chi connectivity index (χ3n) is 3.89. The van der Waals surface area contributed by atoms with Crippen molar-refractivity contribution in [3.8, 4) is 11.5 Å². The number of pyridine rings is 1. The minimum Gasteiger partial charge on any atom is -0.490 e. The number of carbonyl (C=O) groups is 2. The van der Waals surface area contributed by atoms with Crippen molar-refractivity contribution in [2.45, 2.75) is 13.0 Å². The first-order chi connectivity index (χ1) is 13.3. The molecule has 1 aliphatic heterocycles. The number of primary amides is 1. The summed E-state index contributed by atoms with van der Waals surface area (Å²) < 4.78 is 11.8. The molecule has 1 aromatic heterocycles. The van der Waals surface area contributed by atoms with Crippen LogP contribution in [0.25, 0.3) is 0 Å². The maximum absolute atomic E-state index is 12.3. The van der Waals surface area contributed by atoms with Gasteiger partial charge in [0.05, 0.1) is 24.3 Å². The number of fused-ring (bicyclic) bond motifs is 1. The molecule has 1 aliphatic rings. The van der Waals surface area contributed by atoms with Gasteiger partial charge in [-0.25, -0.2) is 0 Å². The van der Waals surface area contributed by atoms with E-state index < -0.39 is 40.1 Å². The van der Waals surface area contributed by atoms with Gasteiger partial charge in [0.15, 0.2) is 11.5 Å². The lowest BCUT2D eigenvalue weighted by Crippen LogP contribution is -2.33. The van der Waals surface area contributed by atoms with Crippen molar-refractivity contribution in [1.82, 2.24) is 4.57 Å². The summed E-state index contributed by atoms with van der Waals surface area (Å²) in [6, 6.07) is 5.59. The Kier molecular flexibility index (Phi) is 5.25. The number of benzene rings is 1. The molecule has 2 aromatic rings. The van der Waals surface area contributed by atoms with Crippen LogP contribution in [0.5, 0.6) is 11.5 Å². The van der Waals surface area contributed by atoms with Crippen molar-refractivity contribution in [3.63, 3.8) is 0 Å². The zero-order valence-corrected chi connectivity index (χ0v) is 14.5. The Morgan fingerprint density at radius 3 is 2.61 bits per heavy atom. The number of hydrogen-bond donors (Lipinski definition) is 2. The van der Waals surface area contributed by atoms with Crippen LogP contribution in [-0.4, -0.2) is 34.5 Å². The van der Waals surface area contributed by atoms with Crippen LogP contribution in [0.1, 0.15) is 16.8 Å². The molecule has 0 radical (unpaired) electrons. The number of carbonyl (C=O) groups excluding carboxylic acids is 2. The lowest BCUT2D eigenvalue weighted by Gasteiger charge is -2.11. The van der Waals surface area contributed by atoms with Crippen LogP contribution in [-0.2, 0) is 11.3 Å². The molecule has 28 heavy (non-hydrogen) atoms. The zero-order chi connectivity index (χ0) is 20.3. The number of aromatic nitrogens is 1. The molecule has 2 heterocycles. The van der Waals surface area contributed by atoms with Crippen molar-refractivity contribution >= 4 is 23.2 Å². The molecular formula is C17H16N4O7. The van der Waals surface area contributed by atoms with Crippen molar-refractivity contribution in [3.05, 3.63) is 56.5 Å². The Labute approximate surface area is 157 Å². The van der Waals surface area contributed by atoms with Gasteiger partial charge in [-0.2, -0.15) is 0 Å². The maximum Gasteiger partial charge on any atom is 0.286 e. The number of hydrogen-bond acceptors (Lipinski definition) is 7.